The zero-order valence-electron chi connectivity index (χ0n) is 15.9. The molecule has 1 aliphatic heterocycles. The predicted octanol–water partition coefficient (Wildman–Crippen LogP) is 3.73. The van der Waals surface area contributed by atoms with Crippen molar-refractivity contribution in [3.63, 3.8) is 0 Å². The molecule has 0 atom stereocenters. The number of rotatable bonds is 4. The molecular weight excluding hydrogens is 339 g/mol. The van der Waals surface area contributed by atoms with E-state index in [2.05, 4.69) is 53.1 Å². The highest BCUT2D eigenvalue weighted by Crippen LogP contribution is 2.23. The van der Waals surface area contributed by atoms with Gasteiger partial charge in [-0.15, -0.1) is 0 Å². The summed E-state index contributed by atoms with van der Waals surface area (Å²) >= 11 is 0. The summed E-state index contributed by atoms with van der Waals surface area (Å²) in [4.78, 5) is 4.86. The van der Waals surface area contributed by atoms with Crippen LogP contribution in [-0.2, 0) is 6.54 Å². The maximum absolute atomic E-state index is 13.1. The van der Waals surface area contributed by atoms with E-state index >= 15 is 0 Å². The Kier molecular flexibility index (Phi) is 5.05. The molecule has 1 aromatic heterocycles. The number of nitrogens with zero attached hydrogens (tertiary/aromatic N) is 4. The van der Waals surface area contributed by atoms with Gasteiger partial charge in [-0.05, 0) is 49.4 Å². The normalized spacial score (nSPS) is 16.0. The van der Waals surface area contributed by atoms with Gasteiger partial charge in [0.1, 0.15) is 5.82 Å². The Morgan fingerprint density at radius 3 is 2.11 bits per heavy atom. The quantitative estimate of drug-likeness (QED) is 0.705. The van der Waals surface area contributed by atoms with Gasteiger partial charge < -0.3 is 4.90 Å². The summed E-state index contributed by atoms with van der Waals surface area (Å²) < 4.78 is 15.1. The van der Waals surface area contributed by atoms with Gasteiger partial charge in [0.25, 0.3) is 0 Å². The molecule has 140 valence electrons. The van der Waals surface area contributed by atoms with Crippen molar-refractivity contribution in [2.24, 2.45) is 0 Å². The Balaban J connectivity index is 1.50. The maximum atomic E-state index is 13.1. The number of halogens is 1. The van der Waals surface area contributed by atoms with Crippen LogP contribution in [0.25, 0.3) is 16.8 Å². The number of benzene rings is 2. The van der Waals surface area contributed by atoms with E-state index in [1.54, 1.807) is 12.1 Å². The number of hydrogen-bond donors (Lipinski definition) is 0. The van der Waals surface area contributed by atoms with Crippen LogP contribution in [0.3, 0.4) is 0 Å². The minimum atomic E-state index is -0.213. The number of hydrogen-bond acceptors (Lipinski definition) is 3. The van der Waals surface area contributed by atoms with Crippen LogP contribution < -0.4 is 0 Å². The van der Waals surface area contributed by atoms with Crippen molar-refractivity contribution in [2.45, 2.75) is 13.5 Å². The number of likely N-dealkylation sites (N-methyl/N-ethyl adjacent to an activating group) is 1. The number of aromatic nitrogens is 2. The highest BCUT2D eigenvalue weighted by atomic mass is 19.1. The monoisotopic (exact) mass is 364 g/mol. The molecule has 3 aromatic rings. The standard InChI is InChI=1S/C22H25FN4/c1-17-20(16-26-13-11-25(2)12-14-26)15-24-27(17)22-9-5-19(6-10-22)18-3-7-21(23)8-4-18/h3-10,15H,11-14,16H2,1-2H3. The van der Waals surface area contributed by atoms with Gasteiger partial charge in [-0.2, -0.15) is 5.10 Å². The van der Waals surface area contributed by atoms with Crippen LogP contribution >= 0.6 is 0 Å². The Labute approximate surface area is 159 Å². The first-order valence-electron chi connectivity index (χ1n) is 9.41. The molecule has 2 aromatic carbocycles. The highest BCUT2D eigenvalue weighted by Gasteiger charge is 2.16. The molecule has 0 amide bonds. The van der Waals surface area contributed by atoms with Crippen molar-refractivity contribution >= 4 is 0 Å². The van der Waals surface area contributed by atoms with Gasteiger partial charge in [-0.25, -0.2) is 9.07 Å². The van der Waals surface area contributed by atoms with E-state index in [1.807, 2.05) is 10.9 Å². The van der Waals surface area contributed by atoms with E-state index in [4.69, 9.17) is 0 Å². The summed E-state index contributed by atoms with van der Waals surface area (Å²) in [7, 11) is 2.18. The molecule has 0 radical (unpaired) electrons. The second kappa shape index (κ2) is 7.62. The fourth-order valence-electron chi connectivity index (χ4n) is 3.54. The summed E-state index contributed by atoms with van der Waals surface area (Å²) in [5.41, 5.74) is 5.59. The Morgan fingerprint density at radius 2 is 1.48 bits per heavy atom. The minimum Gasteiger partial charge on any atom is -0.304 e. The fourth-order valence-corrected chi connectivity index (χ4v) is 3.54. The van der Waals surface area contributed by atoms with Crippen molar-refractivity contribution in [1.82, 2.24) is 19.6 Å². The van der Waals surface area contributed by atoms with Gasteiger partial charge in [-0.3, -0.25) is 4.90 Å². The molecule has 2 heterocycles. The SMILES string of the molecule is Cc1c(CN2CCN(C)CC2)cnn1-c1ccc(-c2ccc(F)cc2)cc1. The Bertz CT molecular complexity index is 891. The lowest BCUT2D eigenvalue weighted by atomic mass is 10.1. The van der Waals surface area contributed by atoms with E-state index < -0.39 is 0 Å². The van der Waals surface area contributed by atoms with Crippen LogP contribution in [0, 0.1) is 12.7 Å². The molecule has 0 aliphatic carbocycles. The lowest BCUT2D eigenvalue weighted by Gasteiger charge is -2.32. The van der Waals surface area contributed by atoms with Gasteiger partial charge in [0.05, 0.1) is 11.9 Å². The molecule has 0 saturated carbocycles. The molecule has 1 saturated heterocycles. The molecular formula is C22H25FN4. The third kappa shape index (κ3) is 3.94. The lowest BCUT2D eigenvalue weighted by molar-refractivity contribution is 0.148. The molecule has 0 bridgehead atoms. The first-order chi connectivity index (χ1) is 13.1. The fraction of sp³-hybridized carbons (Fsp3) is 0.318. The zero-order valence-corrected chi connectivity index (χ0v) is 15.9. The van der Waals surface area contributed by atoms with Crippen LogP contribution in [0.2, 0.25) is 0 Å². The molecule has 27 heavy (non-hydrogen) atoms. The third-order valence-electron chi connectivity index (χ3n) is 5.39. The van der Waals surface area contributed by atoms with Gasteiger partial charge >= 0.3 is 0 Å². The average molecular weight is 364 g/mol. The summed E-state index contributed by atoms with van der Waals surface area (Å²) in [5.74, 6) is -0.213. The van der Waals surface area contributed by atoms with Crippen molar-refractivity contribution in [2.75, 3.05) is 33.2 Å². The second-order valence-corrected chi connectivity index (χ2v) is 7.30. The molecule has 0 unspecified atom stereocenters. The molecule has 1 aliphatic rings. The zero-order chi connectivity index (χ0) is 18.8. The van der Waals surface area contributed by atoms with Crippen molar-refractivity contribution in [1.29, 1.82) is 0 Å². The summed E-state index contributed by atoms with van der Waals surface area (Å²) in [6, 6.07) is 14.8. The summed E-state index contributed by atoms with van der Waals surface area (Å²) in [6.45, 7) is 7.54. The van der Waals surface area contributed by atoms with Crippen LogP contribution in [0.1, 0.15) is 11.3 Å². The first kappa shape index (κ1) is 17.9. The van der Waals surface area contributed by atoms with E-state index in [9.17, 15) is 4.39 Å². The van der Waals surface area contributed by atoms with Gasteiger partial charge in [-0.1, -0.05) is 24.3 Å². The van der Waals surface area contributed by atoms with Crippen molar-refractivity contribution in [3.8, 4) is 16.8 Å². The van der Waals surface area contributed by atoms with Gasteiger partial charge in [0.2, 0.25) is 0 Å². The maximum Gasteiger partial charge on any atom is 0.123 e. The minimum absolute atomic E-state index is 0.213. The summed E-state index contributed by atoms with van der Waals surface area (Å²) in [5, 5.41) is 4.61. The van der Waals surface area contributed by atoms with Crippen LogP contribution in [-0.4, -0.2) is 52.8 Å². The van der Waals surface area contributed by atoms with Gasteiger partial charge in [0.15, 0.2) is 0 Å². The van der Waals surface area contributed by atoms with E-state index in [0.29, 0.717) is 0 Å². The first-order valence-corrected chi connectivity index (χ1v) is 9.41. The third-order valence-corrected chi connectivity index (χ3v) is 5.39. The Hall–Kier alpha value is -2.50. The van der Waals surface area contributed by atoms with Crippen molar-refractivity contribution < 1.29 is 4.39 Å². The second-order valence-electron chi connectivity index (χ2n) is 7.30. The van der Waals surface area contributed by atoms with Crippen LogP contribution in [0.4, 0.5) is 4.39 Å². The molecule has 4 rings (SSSR count). The topological polar surface area (TPSA) is 24.3 Å². The molecule has 5 heteroatoms. The van der Waals surface area contributed by atoms with Gasteiger partial charge in [0, 0.05) is 44.0 Å². The lowest BCUT2D eigenvalue weighted by Crippen LogP contribution is -2.43. The summed E-state index contributed by atoms with van der Waals surface area (Å²) in [6.07, 6.45) is 1.99. The van der Waals surface area contributed by atoms with Crippen LogP contribution in [0.15, 0.2) is 54.7 Å². The average Bonchev–Trinajstić information content (AvgIpc) is 3.05. The largest absolute Gasteiger partial charge is 0.304 e. The van der Waals surface area contributed by atoms with Crippen LogP contribution in [0.5, 0.6) is 0 Å². The highest BCUT2D eigenvalue weighted by molar-refractivity contribution is 5.64. The Morgan fingerprint density at radius 1 is 0.889 bits per heavy atom. The molecule has 0 N–H and O–H groups in total. The van der Waals surface area contributed by atoms with E-state index in [0.717, 1.165) is 49.5 Å². The van der Waals surface area contributed by atoms with E-state index in [1.165, 1.54) is 23.4 Å². The molecule has 4 nitrogen and oxygen atoms in total. The molecule has 1 fully saturated rings. The number of piperazine rings is 1. The van der Waals surface area contributed by atoms with Crippen molar-refractivity contribution in [3.05, 3.63) is 71.8 Å². The smallest absolute Gasteiger partial charge is 0.123 e. The van der Waals surface area contributed by atoms with E-state index in [-0.39, 0.29) is 5.82 Å². The predicted molar refractivity (Wildman–Crippen MR) is 106 cm³/mol. The molecule has 0 spiro atoms.